The van der Waals surface area contributed by atoms with Gasteiger partial charge in [0, 0.05) is 7.05 Å². The molecular weight excluding hydrogens is 210 g/mol. The van der Waals surface area contributed by atoms with Crippen molar-refractivity contribution in [3.05, 3.63) is 24.2 Å². The van der Waals surface area contributed by atoms with E-state index >= 15 is 0 Å². The molecule has 2 heterocycles. The third-order valence-corrected chi connectivity index (χ3v) is 2.98. The third kappa shape index (κ3) is 2.10. The highest BCUT2D eigenvalue weighted by Crippen LogP contribution is 2.25. The van der Waals surface area contributed by atoms with Crippen molar-refractivity contribution < 1.29 is 0 Å². The molecule has 0 aromatic carbocycles. The van der Waals surface area contributed by atoms with Crippen molar-refractivity contribution in [3.8, 4) is 0 Å². The van der Waals surface area contributed by atoms with Gasteiger partial charge in [0.05, 0.1) is 11.9 Å². The number of aryl methyl sites for hydroxylation is 2. The van der Waals surface area contributed by atoms with Crippen LogP contribution in [0.4, 0.5) is 5.69 Å². The first-order valence-electron chi connectivity index (χ1n) is 4.41. The molecule has 0 amide bonds. The number of pyridine rings is 1. The van der Waals surface area contributed by atoms with Crippen LogP contribution in [0.3, 0.4) is 0 Å². The maximum absolute atomic E-state index is 5.69. The van der Waals surface area contributed by atoms with Crippen molar-refractivity contribution in [1.29, 1.82) is 0 Å². The Labute approximate surface area is 91.7 Å². The number of nitrogens with zero attached hydrogens (tertiary/aromatic N) is 4. The standard InChI is InChI=1S/C9H11N5S/c1-6-3-8(11-4-7(6)10)15-9-13-12-5-14(9)2/h3-5H,10H2,1-2H3. The summed E-state index contributed by atoms with van der Waals surface area (Å²) in [6.45, 7) is 1.96. The molecule has 0 unspecified atom stereocenters. The maximum atomic E-state index is 5.69. The highest BCUT2D eigenvalue weighted by molar-refractivity contribution is 7.99. The van der Waals surface area contributed by atoms with Gasteiger partial charge in [0.2, 0.25) is 0 Å². The Balaban J connectivity index is 2.25. The van der Waals surface area contributed by atoms with Crippen molar-refractivity contribution in [1.82, 2.24) is 19.7 Å². The van der Waals surface area contributed by atoms with E-state index in [0.29, 0.717) is 5.69 Å². The molecule has 0 saturated heterocycles. The second-order valence-electron chi connectivity index (χ2n) is 3.21. The minimum absolute atomic E-state index is 0.706. The molecule has 2 aromatic rings. The molecule has 0 fully saturated rings. The number of nitrogen functional groups attached to an aromatic ring is 1. The lowest BCUT2D eigenvalue weighted by Gasteiger charge is -2.02. The molecule has 2 N–H and O–H groups in total. The van der Waals surface area contributed by atoms with E-state index in [0.717, 1.165) is 15.7 Å². The molecule has 78 valence electrons. The first kappa shape index (κ1) is 9.97. The van der Waals surface area contributed by atoms with E-state index in [1.54, 1.807) is 12.5 Å². The minimum Gasteiger partial charge on any atom is -0.397 e. The van der Waals surface area contributed by atoms with Crippen LogP contribution < -0.4 is 5.73 Å². The Morgan fingerprint density at radius 2 is 2.27 bits per heavy atom. The SMILES string of the molecule is Cc1cc(Sc2nncn2C)ncc1N. The molecule has 0 saturated carbocycles. The zero-order valence-corrected chi connectivity index (χ0v) is 9.32. The number of nitrogens with two attached hydrogens (primary N) is 1. The van der Waals surface area contributed by atoms with Gasteiger partial charge in [-0.25, -0.2) is 4.98 Å². The van der Waals surface area contributed by atoms with E-state index in [4.69, 9.17) is 5.73 Å². The molecule has 0 atom stereocenters. The maximum Gasteiger partial charge on any atom is 0.197 e. The van der Waals surface area contributed by atoms with Crippen LogP contribution in [0.1, 0.15) is 5.56 Å². The van der Waals surface area contributed by atoms with Crippen molar-refractivity contribution in [2.45, 2.75) is 17.1 Å². The molecular formula is C9H11N5S. The summed E-state index contributed by atoms with van der Waals surface area (Å²) in [6, 6.07) is 1.94. The summed E-state index contributed by atoms with van der Waals surface area (Å²) < 4.78 is 1.85. The Bertz CT molecular complexity index is 479. The average Bonchev–Trinajstić information content (AvgIpc) is 2.59. The van der Waals surface area contributed by atoms with Crippen molar-refractivity contribution in [2.75, 3.05) is 5.73 Å². The lowest BCUT2D eigenvalue weighted by atomic mass is 10.3. The number of hydrogen-bond acceptors (Lipinski definition) is 5. The van der Waals surface area contributed by atoms with Crippen LogP contribution in [-0.4, -0.2) is 19.7 Å². The topological polar surface area (TPSA) is 69.6 Å². The first-order valence-corrected chi connectivity index (χ1v) is 5.22. The monoisotopic (exact) mass is 221 g/mol. The molecule has 5 nitrogen and oxygen atoms in total. The fraction of sp³-hybridized carbons (Fsp3) is 0.222. The van der Waals surface area contributed by atoms with Gasteiger partial charge < -0.3 is 10.3 Å². The average molecular weight is 221 g/mol. The van der Waals surface area contributed by atoms with Crippen LogP contribution in [0.5, 0.6) is 0 Å². The molecule has 0 aliphatic carbocycles. The van der Waals surface area contributed by atoms with E-state index in [1.807, 2.05) is 24.6 Å². The highest BCUT2D eigenvalue weighted by Gasteiger charge is 2.05. The van der Waals surface area contributed by atoms with E-state index in [-0.39, 0.29) is 0 Å². The van der Waals surface area contributed by atoms with Gasteiger partial charge in [0.25, 0.3) is 0 Å². The van der Waals surface area contributed by atoms with Crippen LogP contribution in [0.2, 0.25) is 0 Å². The van der Waals surface area contributed by atoms with Crippen molar-refractivity contribution >= 4 is 17.4 Å². The normalized spacial score (nSPS) is 10.5. The van der Waals surface area contributed by atoms with Crippen molar-refractivity contribution in [2.24, 2.45) is 7.05 Å². The Hall–Kier alpha value is -1.56. The number of aromatic nitrogens is 4. The molecule has 0 spiro atoms. The van der Waals surface area contributed by atoms with Gasteiger partial charge in [-0.05, 0) is 30.3 Å². The zero-order chi connectivity index (χ0) is 10.8. The van der Waals surface area contributed by atoms with Gasteiger partial charge >= 0.3 is 0 Å². The number of rotatable bonds is 2. The fourth-order valence-corrected chi connectivity index (χ4v) is 1.86. The molecule has 2 rings (SSSR count). The van der Waals surface area contributed by atoms with Gasteiger partial charge in [-0.2, -0.15) is 0 Å². The second kappa shape index (κ2) is 3.90. The first-order chi connectivity index (χ1) is 7.16. The molecule has 6 heteroatoms. The summed E-state index contributed by atoms with van der Waals surface area (Å²) >= 11 is 1.47. The van der Waals surface area contributed by atoms with Crippen molar-refractivity contribution in [3.63, 3.8) is 0 Å². The molecule has 15 heavy (non-hydrogen) atoms. The van der Waals surface area contributed by atoms with Gasteiger partial charge in [-0.3, -0.25) is 0 Å². The lowest BCUT2D eigenvalue weighted by Crippen LogP contribution is -1.93. The van der Waals surface area contributed by atoms with Crippen LogP contribution in [-0.2, 0) is 7.05 Å². The quantitative estimate of drug-likeness (QED) is 0.826. The van der Waals surface area contributed by atoms with Gasteiger partial charge in [0.1, 0.15) is 11.4 Å². The van der Waals surface area contributed by atoms with E-state index < -0.39 is 0 Å². The van der Waals surface area contributed by atoms with Crippen LogP contribution in [0, 0.1) is 6.92 Å². The van der Waals surface area contributed by atoms with Crippen LogP contribution >= 0.6 is 11.8 Å². The smallest absolute Gasteiger partial charge is 0.197 e. The highest BCUT2D eigenvalue weighted by atomic mass is 32.2. The van der Waals surface area contributed by atoms with Crippen LogP contribution in [0.25, 0.3) is 0 Å². The van der Waals surface area contributed by atoms with Gasteiger partial charge in [-0.1, -0.05) is 0 Å². The van der Waals surface area contributed by atoms with Crippen LogP contribution in [0.15, 0.2) is 28.8 Å². The van der Waals surface area contributed by atoms with Gasteiger partial charge in [-0.15, -0.1) is 10.2 Å². The van der Waals surface area contributed by atoms with E-state index in [1.165, 1.54) is 11.8 Å². The molecule has 2 aromatic heterocycles. The summed E-state index contributed by atoms with van der Waals surface area (Å²) in [7, 11) is 1.90. The van der Waals surface area contributed by atoms with Gasteiger partial charge in [0.15, 0.2) is 5.16 Å². The summed E-state index contributed by atoms with van der Waals surface area (Å²) in [6.07, 6.45) is 3.32. The molecule has 0 aliphatic heterocycles. The lowest BCUT2D eigenvalue weighted by molar-refractivity contribution is 0.787. The van der Waals surface area contributed by atoms with E-state index in [9.17, 15) is 0 Å². The number of anilines is 1. The molecule has 0 radical (unpaired) electrons. The zero-order valence-electron chi connectivity index (χ0n) is 8.51. The molecule has 0 bridgehead atoms. The fourth-order valence-electron chi connectivity index (χ4n) is 1.06. The summed E-state index contributed by atoms with van der Waals surface area (Å²) in [5.41, 5.74) is 7.42. The third-order valence-electron chi connectivity index (χ3n) is 1.99. The summed E-state index contributed by atoms with van der Waals surface area (Å²) in [5.74, 6) is 0. The second-order valence-corrected chi connectivity index (χ2v) is 4.19. The Morgan fingerprint density at radius 3 is 2.87 bits per heavy atom. The van der Waals surface area contributed by atoms with E-state index in [2.05, 4.69) is 15.2 Å². The predicted molar refractivity (Wildman–Crippen MR) is 58.5 cm³/mol. The number of hydrogen-bond donors (Lipinski definition) is 1. The Kier molecular flexibility index (Phi) is 2.59. The summed E-state index contributed by atoms with van der Waals surface area (Å²) in [4.78, 5) is 4.21. The minimum atomic E-state index is 0.706. The Morgan fingerprint density at radius 1 is 1.47 bits per heavy atom. The molecule has 0 aliphatic rings. The summed E-state index contributed by atoms with van der Waals surface area (Å²) in [5, 5.41) is 9.45. The predicted octanol–water partition coefficient (Wildman–Crippen LogP) is 1.25. The largest absolute Gasteiger partial charge is 0.397 e.